The Hall–Kier alpha value is -2.99. The summed E-state index contributed by atoms with van der Waals surface area (Å²) in [6.07, 6.45) is 0. The molecule has 27 heavy (non-hydrogen) atoms. The first kappa shape index (κ1) is 20.3. The van der Waals surface area contributed by atoms with Gasteiger partial charge in [-0.2, -0.15) is 0 Å². The predicted octanol–water partition coefficient (Wildman–Crippen LogP) is 3.72. The molecule has 0 spiro atoms. The third kappa shape index (κ3) is 7.42. The Morgan fingerprint density at radius 3 is 2.48 bits per heavy atom. The summed E-state index contributed by atoms with van der Waals surface area (Å²) in [6.45, 7) is 7.28. The molecule has 2 aromatic rings. The summed E-state index contributed by atoms with van der Waals surface area (Å²) in [6, 6.07) is 14.7. The third-order valence-corrected chi connectivity index (χ3v) is 3.50. The standard InChI is InChI=1S/C21H26N2O4/c1-16(2)15-27-20-7-5-4-6-19(20)23-21(24)14-22-17-8-10-18(11-9-17)26-13-12-25-3/h4-11,22H,1,12-15H2,2-3H3,(H,23,24). The van der Waals surface area contributed by atoms with Crippen molar-refractivity contribution in [2.24, 2.45) is 0 Å². The van der Waals surface area contributed by atoms with E-state index < -0.39 is 0 Å². The van der Waals surface area contributed by atoms with Gasteiger partial charge in [-0.3, -0.25) is 4.79 Å². The molecule has 0 atom stereocenters. The number of methoxy groups -OCH3 is 1. The second-order valence-corrected chi connectivity index (χ2v) is 6.01. The van der Waals surface area contributed by atoms with Gasteiger partial charge in [0.25, 0.3) is 0 Å². The first-order valence-electron chi connectivity index (χ1n) is 8.70. The maximum atomic E-state index is 12.2. The third-order valence-electron chi connectivity index (χ3n) is 3.50. The molecule has 0 radical (unpaired) electrons. The molecule has 0 saturated carbocycles. The minimum absolute atomic E-state index is 0.138. The molecule has 0 fully saturated rings. The van der Waals surface area contributed by atoms with E-state index in [-0.39, 0.29) is 12.5 Å². The number of para-hydroxylation sites is 2. The van der Waals surface area contributed by atoms with Crippen molar-refractivity contribution in [1.29, 1.82) is 0 Å². The molecular weight excluding hydrogens is 344 g/mol. The number of nitrogens with one attached hydrogen (secondary N) is 2. The van der Waals surface area contributed by atoms with Gasteiger partial charge in [0.2, 0.25) is 5.91 Å². The topological polar surface area (TPSA) is 68.8 Å². The van der Waals surface area contributed by atoms with Crippen molar-refractivity contribution in [3.8, 4) is 11.5 Å². The van der Waals surface area contributed by atoms with E-state index in [0.717, 1.165) is 17.0 Å². The zero-order chi connectivity index (χ0) is 19.5. The molecule has 1 amide bonds. The average molecular weight is 370 g/mol. The van der Waals surface area contributed by atoms with Crippen LogP contribution in [0.15, 0.2) is 60.7 Å². The minimum Gasteiger partial charge on any atom is -0.491 e. The largest absolute Gasteiger partial charge is 0.491 e. The molecule has 2 aromatic carbocycles. The number of hydrogen-bond acceptors (Lipinski definition) is 5. The molecule has 0 aliphatic carbocycles. The fraction of sp³-hybridized carbons (Fsp3) is 0.286. The van der Waals surface area contributed by atoms with Crippen LogP contribution < -0.4 is 20.1 Å². The molecule has 0 heterocycles. The Balaban J connectivity index is 1.83. The van der Waals surface area contributed by atoms with Gasteiger partial charge in [0, 0.05) is 12.8 Å². The van der Waals surface area contributed by atoms with E-state index in [1.165, 1.54) is 0 Å². The normalized spacial score (nSPS) is 10.1. The Kier molecular flexibility index (Phi) is 8.19. The van der Waals surface area contributed by atoms with Crippen LogP contribution in [0.25, 0.3) is 0 Å². The summed E-state index contributed by atoms with van der Waals surface area (Å²) in [5.74, 6) is 1.21. The monoisotopic (exact) mass is 370 g/mol. The van der Waals surface area contributed by atoms with Gasteiger partial charge in [-0.1, -0.05) is 18.7 Å². The van der Waals surface area contributed by atoms with Crippen LogP contribution in [0.4, 0.5) is 11.4 Å². The van der Waals surface area contributed by atoms with Gasteiger partial charge in [0.15, 0.2) is 0 Å². The van der Waals surface area contributed by atoms with Crippen molar-refractivity contribution < 1.29 is 19.0 Å². The van der Waals surface area contributed by atoms with Gasteiger partial charge in [-0.25, -0.2) is 0 Å². The van der Waals surface area contributed by atoms with Gasteiger partial charge >= 0.3 is 0 Å². The lowest BCUT2D eigenvalue weighted by molar-refractivity contribution is -0.114. The van der Waals surface area contributed by atoms with Gasteiger partial charge in [-0.05, 0) is 48.9 Å². The molecule has 0 unspecified atom stereocenters. The van der Waals surface area contributed by atoms with E-state index in [1.807, 2.05) is 49.4 Å². The minimum atomic E-state index is -0.165. The number of rotatable bonds is 11. The smallest absolute Gasteiger partial charge is 0.243 e. The Labute approximate surface area is 160 Å². The number of benzene rings is 2. The highest BCUT2D eigenvalue weighted by molar-refractivity contribution is 5.95. The van der Waals surface area contributed by atoms with E-state index in [0.29, 0.717) is 31.3 Å². The molecule has 0 bridgehead atoms. The predicted molar refractivity (Wildman–Crippen MR) is 108 cm³/mol. The van der Waals surface area contributed by atoms with Crippen LogP contribution >= 0.6 is 0 Å². The van der Waals surface area contributed by atoms with Gasteiger partial charge < -0.3 is 24.8 Å². The van der Waals surface area contributed by atoms with Crippen molar-refractivity contribution in [2.75, 3.05) is 44.1 Å². The van der Waals surface area contributed by atoms with Gasteiger partial charge in [-0.15, -0.1) is 0 Å². The van der Waals surface area contributed by atoms with E-state index in [1.54, 1.807) is 13.2 Å². The lowest BCUT2D eigenvalue weighted by Crippen LogP contribution is -2.22. The summed E-state index contributed by atoms with van der Waals surface area (Å²) < 4.78 is 16.1. The number of carbonyl (C=O) groups excluding carboxylic acids is 1. The molecule has 6 nitrogen and oxygen atoms in total. The van der Waals surface area contributed by atoms with Crippen LogP contribution in [0, 0.1) is 0 Å². The summed E-state index contributed by atoms with van der Waals surface area (Å²) in [4.78, 5) is 12.2. The van der Waals surface area contributed by atoms with Crippen LogP contribution in [-0.2, 0) is 9.53 Å². The van der Waals surface area contributed by atoms with Crippen molar-refractivity contribution in [3.63, 3.8) is 0 Å². The number of amides is 1. The van der Waals surface area contributed by atoms with E-state index in [2.05, 4.69) is 17.2 Å². The molecule has 0 aromatic heterocycles. The highest BCUT2D eigenvalue weighted by atomic mass is 16.5. The lowest BCUT2D eigenvalue weighted by Gasteiger charge is -2.13. The molecular formula is C21H26N2O4. The zero-order valence-electron chi connectivity index (χ0n) is 15.8. The summed E-state index contributed by atoms with van der Waals surface area (Å²) >= 11 is 0. The summed E-state index contributed by atoms with van der Waals surface area (Å²) in [5.41, 5.74) is 2.37. The van der Waals surface area contributed by atoms with Crippen LogP contribution in [0.5, 0.6) is 11.5 Å². The zero-order valence-corrected chi connectivity index (χ0v) is 15.8. The van der Waals surface area contributed by atoms with E-state index in [4.69, 9.17) is 14.2 Å². The summed E-state index contributed by atoms with van der Waals surface area (Å²) in [7, 11) is 1.63. The average Bonchev–Trinajstić information content (AvgIpc) is 2.67. The summed E-state index contributed by atoms with van der Waals surface area (Å²) in [5, 5.41) is 5.94. The number of ether oxygens (including phenoxy) is 3. The molecule has 0 aliphatic rings. The Morgan fingerprint density at radius 1 is 1.04 bits per heavy atom. The molecule has 0 saturated heterocycles. The van der Waals surface area contributed by atoms with E-state index >= 15 is 0 Å². The lowest BCUT2D eigenvalue weighted by atomic mass is 10.2. The van der Waals surface area contributed by atoms with Crippen molar-refractivity contribution >= 4 is 17.3 Å². The maximum Gasteiger partial charge on any atom is 0.243 e. The molecule has 144 valence electrons. The Morgan fingerprint density at radius 2 is 1.78 bits per heavy atom. The number of hydrogen-bond donors (Lipinski definition) is 2. The maximum absolute atomic E-state index is 12.2. The molecule has 2 rings (SSSR count). The van der Waals surface area contributed by atoms with Crippen LogP contribution in [-0.4, -0.2) is 39.4 Å². The van der Waals surface area contributed by atoms with Crippen LogP contribution in [0.1, 0.15) is 6.92 Å². The second-order valence-electron chi connectivity index (χ2n) is 6.01. The first-order valence-corrected chi connectivity index (χ1v) is 8.70. The highest BCUT2D eigenvalue weighted by Crippen LogP contribution is 2.24. The van der Waals surface area contributed by atoms with Crippen molar-refractivity contribution in [1.82, 2.24) is 0 Å². The first-order chi connectivity index (χ1) is 13.1. The van der Waals surface area contributed by atoms with E-state index in [9.17, 15) is 4.79 Å². The fourth-order valence-electron chi connectivity index (χ4n) is 2.19. The van der Waals surface area contributed by atoms with Gasteiger partial charge in [0.1, 0.15) is 24.7 Å². The Bertz CT molecular complexity index is 744. The highest BCUT2D eigenvalue weighted by Gasteiger charge is 2.08. The molecule has 6 heteroatoms. The van der Waals surface area contributed by atoms with Crippen LogP contribution in [0.3, 0.4) is 0 Å². The van der Waals surface area contributed by atoms with Gasteiger partial charge in [0.05, 0.1) is 18.8 Å². The second kappa shape index (κ2) is 10.9. The SMILES string of the molecule is C=C(C)COc1ccccc1NC(=O)CNc1ccc(OCCOC)cc1. The number of carbonyl (C=O) groups is 1. The quantitative estimate of drug-likeness (QED) is 0.466. The van der Waals surface area contributed by atoms with Crippen molar-refractivity contribution in [3.05, 3.63) is 60.7 Å². The fourth-order valence-corrected chi connectivity index (χ4v) is 2.19. The molecule has 2 N–H and O–H groups in total. The van der Waals surface area contributed by atoms with Crippen molar-refractivity contribution in [2.45, 2.75) is 6.92 Å². The van der Waals surface area contributed by atoms with Crippen LogP contribution in [0.2, 0.25) is 0 Å². The number of anilines is 2. The molecule has 0 aliphatic heterocycles.